The van der Waals surface area contributed by atoms with E-state index in [1.54, 1.807) is 76.5 Å². The minimum atomic E-state index is -3.78. The number of amides is 2. The van der Waals surface area contributed by atoms with Crippen molar-refractivity contribution in [2.45, 2.75) is 25.9 Å². The molecule has 4 rings (SSSR count). The van der Waals surface area contributed by atoms with Gasteiger partial charge in [-0.15, -0.1) is 0 Å². The van der Waals surface area contributed by atoms with Gasteiger partial charge in [0, 0.05) is 49.4 Å². The van der Waals surface area contributed by atoms with E-state index in [-0.39, 0.29) is 38.8 Å². The maximum Gasteiger partial charge on any atom is 0.414 e. The van der Waals surface area contributed by atoms with E-state index in [0.717, 1.165) is 0 Å². The maximum absolute atomic E-state index is 12.3. The van der Waals surface area contributed by atoms with E-state index in [4.69, 9.17) is 39.5 Å². The lowest BCUT2D eigenvalue weighted by molar-refractivity contribution is -0.0000227. The van der Waals surface area contributed by atoms with Gasteiger partial charge in [-0.25, -0.2) is 31.1 Å². The van der Waals surface area contributed by atoms with Gasteiger partial charge in [-0.1, -0.05) is 59.6 Å². The zero-order chi connectivity index (χ0) is 32.9. The fraction of sp³-hybridized carbons (Fsp3) is 0.308. The molecule has 0 saturated carbocycles. The number of sulfonamides is 2. The number of rotatable bonds is 3. The molecule has 0 aromatic heterocycles. The highest BCUT2D eigenvalue weighted by molar-refractivity contribution is 7.99. The number of carbonyl (C=O) groups excluding carboxylic acids is 2. The maximum atomic E-state index is 12.3. The van der Waals surface area contributed by atoms with E-state index >= 15 is 0 Å². The van der Waals surface area contributed by atoms with Crippen LogP contribution in [0.25, 0.3) is 9.81 Å². The Bertz CT molecular complexity index is 1660. The van der Waals surface area contributed by atoms with E-state index in [0.29, 0.717) is 16.1 Å². The highest BCUT2D eigenvalue weighted by atomic mass is 35.5. The Morgan fingerprint density at radius 2 is 1.16 bits per heavy atom. The lowest BCUT2D eigenvalue weighted by Crippen LogP contribution is -3.00. The summed E-state index contributed by atoms with van der Waals surface area (Å²) in [5.41, 5.74) is 0.621. The van der Waals surface area contributed by atoms with Crippen LogP contribution in [0.15, 0.2) is 60.0 Å². The summed E-state index contributed by atoms with van der Waals surface area (Å²) >= 11 is 16.9. The molecule has 0 saturated heterocycles. The van der Waals surface area contributed by atoms with Crippen LogP contribution in [0, 0.1) is 0 Å². The van der Waals surface area contributed by atoms with E-state index < -0.39 is 43.6 Å². The van der Waals surface area contributed by atoms with Gasteiger partial charge < -0.3 is 32.1 Å². The third-order valence-corrected chi connectivity index (χ3v) is 9.86. The van der Waals surface area contributed by atoms with Gasteiger partial charge in [-0.3, -0.25) is 4.79 Å². The third kappa shape index (κ3) is 9.72. The Kier molecular flexibility index (Phi) is 14.5. The molecule has 2 amide bonds. The molecule has 2 heterocycles. The summed E-state index contributed by atoms with van der Waals surface area (Å²) in [7, 11) is -1.24. The first-order valence-electron chi connectivity index (χ1n) is 12.3. The number of ether oxygens (including phenoxy) is 1. The molecule has 2 aliphatic rings. The number of hydrogen-bond donors (Lipinski definition) is 3. The van der Waals surface area contributed by atoms with Crippen molar-refractivity contribution < 1.29 is 48.7 Å². The van der Waals surface area contributed by atoms with E-state index in [9.17, 15) is 31.5 Å². The van der Waals surface area contributed by atoms with Crippen LogP contribution in [-0.2, 0) is 24.8 Å². The van der Waals surface area contributed by atoms with Crippen molar-refractivity contribution in [3.8, 4) is 0 Å². The van der Waals surface area contributed by atoms with Gasteiger partial charge in [0.1, 0.15) is 21.3 Å². The molecule has 2 aromatic rings. The van der Waals surface area contributed by atoms with Crippen LogP contribution in [0.2, 0.25) is 10.0 Å². The number of hydrogen-bond acceptors (Lipinski definition) is 8. The van der Waals surface area contributed by atoms with Crippen LogP contribution < -0.4 is 21.9 Å². The van der Waals surface area contributed by atoms with E-state index in [1.807, 2.05) is 0 Å². The lowest BCUT2D eigenvalue weighted by Gasteiger charge is -2.14. The molecule has 0 fully saturated rings. The molecular weight excluding hydrogens is 702 g/mol. The summed E-state index contributed by atoms with van der Waals surface area (Å²) in [5, 5.41) is 9.88. The Morgan fingerprint density at radius 3 is 1.52 bits per heavy atom. The van der Waals surface area contributed by atoms with E-state index in [1.165, 1.54) is 23.9 Å². The highest BCUT2D eigenvalue weighted by Gasteiger charge is 2.39. The average Bonchev–Trinajstić information content (AvgIpc) is 3.25. The predicted molar refractivity (Wildman–Crippen MR) is 168 cm³/mol. The van der Waals surface area contributed by atoms with Crippen molar-refractivity contribution in [2.75, 3.05) is 28.2 Å². The smallest absolute Gasteiger partial charge is 0.414 e. The number of carbonyl (C=O) groups is 2. The van der Waals surface area contributed by atoms with Crippen LogP contribution in [0.1, 0.15) is 25.0 Å². The second-order valence-corrected chi connectivity index (χ2v) is 13.9. The number of benzene rings is 2. The summed E-state index contributed by atoms with van der Waals surface area (Å²) in [5.74, 6) is -0.157. The second kappa shape index (κ2) is 16.1. The summed E-state index contributed by atoms with van der Waals surface area (Å²) in [6.07, 6.45) is -0.652. The molecule has 2 atom stereocenters. The largest absolute Gasteiger partial charge is 1.00 e. The first-order chi connectivity index (χ1) is 19.8. The van der Waals surface area contributed by atoms with Gasteiger partial charge in [0.2, 0.25) is 20.0 Å². The minimum Gasteiger partial charge on any atom is -1.00 e. The summed E-state index contributed by atoms with van der Waals surface area (Å²) in [6, 6.07) is 11.7. The molecule has 0 radical (unpaired) electrons. The average molecular weight is 733 g/mol. The monoisotopic (exact) mass is 731 g/mol. The number of nitrogens with one attached hydrogen (secondary N) is 2. The van der Waals surface area contributed by atoms with Crippen LogP contribution in [0.3, 0.4) is 0 Å². The second-order valence-electron chi connectivity index (χ2n) is 9.46. The SMILES string of the molecule is CC1NS(=O)(=O)C(c2ccccc2Cl)=C1O.CC1NS(=O)(=O)C(c2ccccc2Cl)=C1OC(=O)N(C)C.CN(C)C(=O)Cl.[Cl-]. The molecule has 0 spiro atoms. The normalized spacial score (nSPS) is 19.5. The Hall–Kier alpha value is -2.56. The van der Waals surface area contributed by atoms with Gasteiger partial charge in [-0.05, 0) is 37.6 Å². The van der Waals surface area contributed by atoms with Crippen molar-refractivity contribution in [1.29, 1.82) is 0 Å². The molecule has 3 N–H and O–H groups in total. The molecule has 2 unspecified atom stereocenters. The molecule has 18 heteroatoms. The Balaban J connectivity index is 0.000000373. The van der Waals surface area contributed by atoms with Gasteiger partial charge >= 0.3 is 11.5 Å². The Morgan fingerprint density at radius 1 is 0.773 bits per heavy atom. The molecular formula is C26H31Cl4N4O8S2-. The van der Waals surface area contributed by atoms with Crippen molar-refractivity contribution in [3.63, 3.8) is 0 Å². The van der Waals surface area contributed by atoms with Crippen molar-refractivity contribution in [2.24, 2.45) is 0 Å². The van der Waals surface area contributed by atoms with Gasteiger partial charge in [0.05, 0.1) is 12.1 Å². The van der Waals surface area contributed by atoms with Crippen molar-refractivity contribution in [3.05, 3.63) is 81.2 Å². The fourth-order valence-corrected chi connectivity index (χ4v) is 7.36. The fourth-order valence-electron chi connectivity index (χ4n) is 3.53. The van der Waals surface area contributed by atoms with Crippen LogP contribution in [-0.4, -0.2) is 83.5 Å². The third-order valence-electron chi connectivity index (χ3n) is 5.61. The first-order valence-corrected chi connectivity index (χ1v) is 16.4. The molecule has 0 bridgehead atoms. The molecule has 244 valence electrons. The lowest BCUT2D eigenvalue weighted by atomic mass is 10.1. The molecule has 12 nitrogen and oxygen atoms in total. The van der Waals surface area contributed by atoms with Crippen LogP contribution in [0.5, 0.6) is 0 Å². The van der Waals surface area contributed by atoms with Crippen molar-refractivity contribution in [1.82, 2.24) is 19.2 Å². The number of halogens is 4. The van der Waals surface area contributed by atoms with Crippen LogP contribution >= 0.6 is 34.8 Å². The standard InChI is InChI=1S/C13H15ClN2O4S.C10H10ClNO3S.C3H6ClNO.ClH/c1-8-11(20-13(17)16(2)3)12(21(18,19)15-8)9-6-4-5-7-10(9)14;1-6-9(13)10(16(14,15)12-6)7-4-2-3-5-8(7)11;1-5(2)3(4)6;/h4-8,15H,1-3H3;2-6,12-13H,1H3;1-2H3;1H/p-1. The number of aliphatic hydroxyl groups excluding tert-OH is 1. The molecule has 2 aromatic carbocycles. The van der Waals surface area contributed by atoms with Crippen LogP contribution in [0.4, 0.5) is 9.59 Å². The summed E-state index contributed by atoms with van der Waals surface area (Å²) in [4.78, 5) is 23.8. The molecule has 0 aliphatic carbocycles. The summed E-state index contributed by atoms with van der Waals surface area (Å²) < 4.78 is 57.9. The summed E-state index contributed by atoms with van der Waals surface area (Å²) in [6.45, 7) is 3.16. The van der Waals surface area contributed by atoms with Gasteiger partial charge in [0.15, 0.2) is 0 Å². The van der Waals surface area contributed by atoms with E-state index in [2.05, 4.69) is 9.44 Å². The molecule has 44 heavy (non-hydrogen) atoms. The predicted octanol–water partition coefficient (Wildman–Crippen LogP) is 1.83. The minimum absolute atomic E-state index is 0. The first kappa shape index (κ1) is 39.5. The van der Waals surface area contributed by atoms with Gasteiger partial charge in [0.25, 0.3) is 0 Å². The zero-order valence-corrected chi connectivity index (χ0v) is 29.0. The highest BCUT2D eigenvalue weighted by Crippen LogP contribution is 2.36. The zero-order valence-electron chi connectivity index (χ0n) is 24.3. The van der Waals surface area contributed by atoms with Crippen molar-refractivity contribution >= 4 is 76.1 Å². The Labute approximate surface area is 278 Å². The number of aliphatic hydroxyl groups is 1. The number of nitrogens with zero attached hydrogens (tertiary/aromatic N) is 2. The van der Waals surface area contributed by atoms with Gasteiger partial charge in [-0.2, -0.15) is 0 Å². The molecule has 2 aliphatic heterocycles. The topological polar surface area (TPSA) is 162 Å². The quantitative estimate of drug-likeness (QED) is 0.318.